The molecule has 3 N–H and O–H groups in total. The molecule has 0 radical (unpaired) electrons. The highest BCUT2D eigenvalue weighted by molar-refractivity contribution is 5.95. The fraction of sp³-hybridized carbons (Fsp3) is 0.353. The third kappa shape index (κ3) is 3.93. The molecule has 0 aliphatic carbocycles. The Morgan fingerprint density at radius 2 is 2.00 bits per heavy atom. The molecule has 0 unspecified atom stereocenters. The van der Waals surface area contributed by atoms with Crippen molar-refractivity contribution in [1.82, 2.24) is 20.3 Å². The topological polar surface area (TPSA) is 127 Å². The Morgan fingerprint density at radius 3 is 2.59 bits per heavy atom. The van der Waals surface area contributed by atoms with E-state index in [0.717, 1.165) is 0 Å². The molecular formula is C17H18FN7O2. The van der Waals surface area contributed by atoms with Crippen molar-refractivity contribution < 1.29 is 14.3 Å². The molecule has 2 aromatic rings. The summed E-state index contributed by atoms with van der Waals surface area (Å²) in [7, 11) is 1.54. The van der Waals surface area contributed by atoms with Crippen LogP contribution in [0.4, 0.5) is 21.7 Å². The third-order valence-corrected chi connectivity index (χ3v) is 4.47. The van der Waals surface area contributed by atoms with Gasteiger partial charge < -0.3 is 20.6 Å². The zero-order valence-corrected chi connectivity index (χ0v) is 14.6. The molecule has 1 aliphatic heterocycles. The Kier molecular flexibility index (Phi) is 5.14. The Morgan fingerprint density at radius 1 is 1.30 bits per heavy atom. The molecule has 0 aromatic carbocycles. The number of alkyl halides is 1. The Balaban J connectivity index is 1.92. The molecular weight excluding hydrogens is 353 g/mol. The second-order valence-corrected chi connectivity index (χ2v) is 6.14. The molecule has 9 nitrogen and oxygen atoms in total. The lowest BCUT2D eigenvalue weighted by Gasteiger charge is -2.40. The van der Waals surface area contributed by atoms with Crippen molar-refractivity contribution >= 4 is 23.3 Å². The fourth-order valence-corrected chi connectivity index (χ4v) is 2.90. The molecule has 27 heavy (non-hydrogen) atoms. The van der Waals surface area contributed by atoms with Crippen molar-refractivity contribution in [3.8, 4) is 6.07 Å². The van der Waals surface area contributed by atoms with E-state index in [1.54, 1.807) is 7.05 Å². The second-order valence-electron chi connectivity index (χ2n) is 6.14. The molecule has 0 saturated carbocycles. The maximum Gasteiger partial charge on any atom is 0.339 e. The van der Waals surface area contributed by atoms with Gasteiger partial charge in [-0.1, -0.05) is 0 Å². The molecule has 1 aliphatic rings. The van der Waals surface area contributed by atoms with Crippen LogP contribution in [0.15, 0.2) is 24.7 Å². The number of hydrogen-bond donors (Lipinski definition) is 3. The number of carboxylic acid groups (broad SMARTS) is 1. The van der Waals surface area contributed by atoms with Gasteiger partial charge in [-0.15, -0.1) is 0 Å². The minimum absolute atomic E-state index is 0.0930. The first kappa shape index (κ1) is 18.5. The van der Waals surface area contributed by atoms with E-state index in [1.807, 2.05) is 6.07 Å². The summed E-state index contributed by atoms with van der Waals surface area (Å²) in [6.45, 7) is 1.03. The average Bonchev–Trinajstić information content (AvgIpc) is 2.68. The van der Waals surface area contributed by atoms with Crippen LogP contribution in [-0.2, 0) is 0 Å². The second kappa shape index (κ2) is 7.51. The van der Waals surface area contributed by atoms with Crippen LogP contribution in [0, 0.1) is 11.3 Å². The molecule has 2 aromatic heterocycles. The van der Waals surface area contributed by atoms with Gasteiger partial charge in [-0.2, -0.15) is 5.26 Å². The van der Waals surface area contributed by atoms with Crippen LogP contribution in [0.3, 0.4) is 0 Å². The number of aromatic carboxylic acids is 1. The van der Waals surface area contributed by atoms with Gasteiger partial charge in [-0.3, -0.25) is 0 Å². The van der Waals surface area contributed by atoms with Gasteiger partial charge in [0, 0.05) is 45.2 Å². The van der Waals surface area contributed by atoms with E-state index in [2.05, 4.69) is 25.6 Å². The number of piperidine rings is 1. The van der Waals surface area contributed by atoms with Crippen LogP contribution in [0.5, 0.6) is 0 Å². The van der Waals surface area contributed by atoms with Gasteiger partial charge in [0.15, 0.2) is 11.5 Å². The zero-order chi connectivity index (χ0) is 19.4. The fourth-order valence-electron chi connectivity index (χ4n) is 2.90. The maximum atomic E-state index is 15.3. The number of nitriles is 1. The van der Waals surface area contributed by atoms with E-state index in [1.165, 1.54) is 29.6 Å². The lowest BCUT2D eigenvalue weighted by Crippen LogP contribution is -2.50. The largest absolute Gasteiger partial charge is 0.478 e. The molecule has 3 rings (SSSR count). The number of hydrogen-bond acceptors (Lipinski definition) is 8. The zero-order valence-electron chi connectivity index (χ0n) is 14.6. The summed E-state index contributed by atoms with van der Waals surface area (Å²) in [5, 5.41) is 24.2. The normalized spacial score (nSPS) is 15.6. The summed E-state index contributed by atoms with van der Waals surface area (Å²) in [6, 6.07) is 3.33. The number of nitrogens with zero attached hydrogens (tertiary/aromatic N) is 5. The molecule has 1 saturated heterocycles. The van der Waals surface area contributed by atoms with Crippen molar-refractivity contribution in [2.24, 2.45) is 0 Å². The van der Waals surface area contributed by atoms with Crippen molar-refractivity contribution in [2.75, 3.05) is 30.4 Å². The third-order valence-electron chi connectivity index (χ3n) is 4.47. The van der Waals surface area contributed by atoms with E-state index in [4.69, 9.17) is 5.26 Å². The monoisotopic (exact) mass is 371 g/mol. The molecule has 0 bridgehead atoms. The maximum absolute atomic E-state index is 15.3. The van der Waals surface area contributed by atoms with Gasteiger partial charge >= 0.3 is 5.97 Å². The number of nitrogens with one attached hydrogen (secondary N) is 2. The summed E-state index contributed by atoms with van der Waals surface area (Å²) in [5.41, 5.74) is 0.288. The minimum Gasteiger partial charge on any atom is -0.478 e. The van der Waals surface area contributed by atoms with E-state index in [-0.39, 0.29) is 29.8 Å². The smallest absolute Gasteiger partial charge is 0.339 e. The first-order valence-corrected chi connectivity index (χ1v) is 8.29. The van der Waals surface area contributed by atoms with Gasteiger partial charge in [0.2, 0.25) is 0 Å². The van der Waals surface area contributed by atoms with E-state index < -0.39 is 11.8 Å². The van der Waals surface area contributed by atoms with Gasteiger partial charge in [0.1, 0.15) is 23.3 Å². The highest BCUT2D eigenvalue weighted by Gasteiger charge is 2.37. The number of carboxylic acids is 1. The highest BCUT2D eigenvalue weighted by Crippen LogP contribution is 2.34. The summed E-state index contributed by atoms with van der Waals surface area (Å²) in [5.74, 6) is -2.22. The highest BCUT2D eigenvalue weighted by atomic mass is 19.1. The van der Waals surface area contributed by atoms with Gasteiger partial charge in [-0.05, 0) is 0 Å². The van der Waals surface area contributed by atoms with Crippen molar-refractivity contribution in [2.45, 2.75) is 18.6 Å². The van der Waals surface area contributed by atoms with Gasteiger partial charge in [-0.25, -0.2) is 24.1 Å². The molecule has 140 valence electrons. The number of aromatic nitrogens is 3. The van der Waals surface area contributed by atoms with Crippen LogP contribution in [0.25, 0.3) is 0 Å². The van der Waals surface area contributed by atoms with Crippen LogP contribution in [-0.4, -0.2) is 52.0 Å². The molecule has 0 atom stereocenters. The lowest BCUT2D eigenvalue weighted by molar-refractivity contribution is 0.0695. The van der Waals surface area contributed by atoms with E-state index in [0.29, 0.717) is 24.7 Å². The first-order valence-electron chi connectivity index (χ1n) is 8.29. The molecule has 1 fully saturated rings. The van der Waals surface area contributed by atoms with Gasteiger partial charge in [0.05, 0.1) is 18.1 Å². The van der Waals surface area contributed by atoms with Crippen LogP contribution in [0.2, 0.25) is 0 Å². The molecule has 0 amide bonds. The summed E-state index contributed by atoms with van der Waals surface area (Å²) in [4.78, 5) is 24.9. The summed E-state index contributed by atoms with van der Waals surface area (Å²) >= 11 is 0. The number of rotatable bonds is 5. The standard InChI is InChI=1S/C17H18FN7O2/c1-25(17(18)2-4-20-5-3-17)13-6-14(23-9-12(13)16(26)27)24-15-10-21-11(7-19)8-22-15/h6,8-10,20H,2-5H2,1H3,(H,26,27)(H,22,23,24). The van der Waals surface area contributed by atoms with E-state index in [9.17, 15) is 9.90 Å². The number of halogens is 1. The molecule has 10 heteroatoms. The predicted octanol–water partition coefficient (Wildman–Crippen LogP) is 1.67. The summed E-state index contributed by atoms with van der Waals surface area (Å²) in [6.07, 6.45) is 4.33. The number of pyridine rings is 1. The lowest BCUT2D eigenvalue weighted by atomic mass is 10.0. The SMILES string of the molecule is CN(c1cc(Nc2cnc(C#N)cn2)ncc1C(=O)O)C1(F)CCNCC1. The average molecular weight is 371 g/mol. The Hall–Kier alpha value is -3.32. The van der Waals surface area contributed by atoms with Crippen LogP contribution >= 0.6 is 0 Å². The first-order chi connectivity index (χ1) is 12.9. The Labute approximate surface area is 154 Å². The van der Waals surface area contributed by atoms with Crippen molar-refractivity contribution in [3.05, 3.63) is 35.9 Å². The molecule has 0 spiro atoms. The predicted molar refractivity (Wildman–Crippen MR) is 95.6 cm³/mol. The van der Waals surface area contributed by atoms with E-state index >= 15 is 4.39 Å². The van der Waals surface area contributed by atoms with Crippen molar-refractivity contribution in [1.29, 1.82) is 5.26 Å². The van der Waals surface area contributed by atoms with Crippen molar-refractivity contribution in [3.63, 3.8) is 0 Å². The van der Waals surface area contributed by atoms with Gasteiger partial charge in [0.25, 0.3) is 0 Å². The Bertz CT molecular complexity index is 876. The van der Waals surface area contributed by atoms with Crippen LogP contribution in [0.1, 0.15) is 28.9 Å². The summed E-state index contributed by atoms with van der Waals surface area (Å²) < 4.78 is 15.3. The molecule has 3 heterocycles. The number of anilines is 3. The number of carbonyl (C=O) groups is 1. The quantitative estimate of drug-likeness (QED) is 0.672. The van der Waals surface area contributed by atoms with Crippen LogP contribution < -0.4 is 15.5 Å². The minimum atomic E-state index is -1.65.